The molecule has 0 aliphatic heterocycles. The molecule has 2 N–H and O–H groups in total. The van der Waals surface area contributed by atoms with E-state index < -0.39 is 10.0 Å². The van der Waals surface area contributed by atoms with Crippen LogP contribution in [0.25, 0.3) is 0 Å². The molecule has 0 aliphatic rings. The van der Waals surface area contributed by atoms with E-state index in [1.807, 2.05) is 23.6 Å². The number of hydrogen-bond acceptors (Lipinski definition) is 4. The fourth-order valence-electron chi connectivity index (χ4n) is 1.52. The van der Waals surface area contributed by atoms with Crippen LogP contribution in [0.1, 0.15) is 5.56 Å². The molecule has 1 aromatic heterocycles. The monoisotopic (exact) mass is 282 g/mol. The van der Waals surface area contributed by atoms with Crippen LogP contribution < -0.4 is 10.0 Å². The summed E-state index contributed by atoms with van der Waals surface area (Å²) in [6.45, 7) is 0.673. The van der Waals surface area contributed by atoms with Gasteiger partial charge in [-0.2, -0.15) is 11.3 Å². The number of nitrogens with one attached hydrogen (secondary N) is 2. The number of para-hydroxylation sites is 2. The van der Waals surface area contributed by atoms with Crippen LogP contribution in [0.5, 0.6) is 0 Å². The Labute approximate surface area is 111 Å². The second kappa shape index (κ2) is 5.41. The molecule has 0 amide bonds. The van der Waals surface area contributed by atoms with E-state index in [-0.39, 0.29) is 0 Å². The van der Waals surface area contributed by atoms with E-state index in [2.05, 4.69) is 15.4 Å². The van der Waals surface area contributed by atoms with Gasteiger partial charge in [0.05, 0.1) is 17.6 Å². The number of sulfonamides is 1. The molecule has 18 heavy (non-hydrogen) atoms. The van der Waals surface area contributed by atoms with Gasteiger partial charge in [0.1, 0.15) is 0 Å². The highest BCUT2D eigenvalue weighted by molar-refractivity contribution is 7.92. The lowest BCUT2D eigenvalue weighted by Crippen LogP contribution is -2.11. The van der Waals surface area contributed by atoms with Crippen molar-refractivity contribution in [2.75, 3.05) is 16.3 Å². The summed E-state index contributed by atoms with van der Waals surface area (Å²) in [4.78, 5) is 0. The van der Waals surface area contributed by atoms with E-state index in [1.54, 1.807) is 23.5 Å². The van der Waals surface area contributed by atoms with Crippen molar-refractivity contribution in [1.29, 1.82) is 0 Å². The molecule has 96 valence electrons. The highest BCUT2D eigenvalue weighted by atomic mass is 32.2. The van der Waals surface area contributed by atoms with E-state index in [9.17, 15) is 8.42 Å². The van der Waals surface area contributed by atoms with Crippen molar-refractivity contribution in [3.63, 3.8) is 0 Å². The number of hydrogen-bond donors (Lipinski definition) is 2. The average Bonchev–Trinajstić information content (AvgIpc) is 2.79. The molecule has 0 spiro atoms. The summed E-state index contributed by atoms with van der Waals surface area (Å²) in [6.07, 6.45) is 1.14. The molecule has 0 atom stereocenters. The summed E-state index contributed by atoms with van der Waals surface area (Å²) < 4.78 is 25.0. The minimum Gasteiger partial charge on any atom is -0.379 e. The molecular weight excluding hydrogens is 268 g/mol. The Bertz CT molecular complexity index is 607. The molecule has 0 radical (unpaired) electrons. The van der Waals surface area contributed by atoms with Gasteiger partial charge in [0.25, 0.3) is 0 Å². The van der Waals surface area contributed by atoms with E-state index in [1.165, 1.54) is 5.56 Å². The maximum atomic E-state index is 11.2. The summed E-state index contributed by atoms with van der Waals surface area (Å²) >= 11 is 1.64. The molecule has 6 heteroatoms. The molecule has 2 rings (SSSR count). The lowest BCUT2D eigenvalue weighted by atomic mass is 10.2. The summed E-state index contributed by atoms with van der Waals surface area (Å²) in [7, 11) is -3.26. The largest absolute Gasteiger partial charge is 0.379 e. The Morgan fingerprint density at radius 2 is 1.89 bits per heavy atom. The standard InChI is InChI=1S/C12H14N2O2S2/c1-18(15,16)14-12-5-3-2-4-11(12)13-8-10-6-7-17-9-10/h2-7,9,13-14H,8H2,1H3. The van der Waals surface area contributed by atoms with Gasteiger partial charge in [-0.25, -0.2) is 8.42 Å². The van der Waals surface area contributed by atoms with Crippen LogP contribution in [0.3, 0.4) is 0 Å². The molecule has 0 bridgehead atoms. The van der Waals surface area contributed by atoms with Crippen molar-refractivity contribution in [2.45, 2.75) is 6.54 Å². The second-order valence-corrected chi connectivity index (χ2v) is 6.43. The smallest absolute Gasteiger partial charge is 0.229 e. The molecule has 0 unspecified atom stereocenters. The zero-order valence-electron chi connectivity index (χ0n) is 9.88. The van der Waals surface area contributed by atoms with Gasteiger partial charge in [-0.15, -0.1) is 0 Å². The third-order valence-electron chi connectivity index (χ3n) is 2.29. The first kappa shape index (κ1) is 12.9. The van der Waals surface area contributed by atoms with Crippen molar-refractivity contribution in [3.8, 4) is 0 Å². The Kier molecular flexibility index (Phi) is 3.88. The fourth-order valence-corrected chi connectivity index (χ4v) is 2.76. The van der Waals surface area contributed by atoms with Crippen molar-refractivity contribution < 1.29 is 8.42 Å². The molecule has 0 saturated carbocycles. The number of anilines is 2. The Morgan fingerprint density at radius 3 is 2.50 bits per heavy atom. The topological polar surface area (TPSA) is 58.2 Å². The molecule has 4 nitrogen and oxygen atoms in total. The first-order valence-electron chi connectivity index (χ1n) is 5.36. The maximum Gasteiger partial charge on any atom is 0.229 e. The van der Waals surface area contributed by atoms with Crippen molar-refractivity contribution in [3.05, 3.63) is 46.7 Å². The Hall–Kier alpha value is -1.53. The van der Waals surface area contributed by atoms with E-state index in [0.29, 0.717) is 12.2 Å². The van der Waals surface area contributed by atoms with Crippen LogP contribution in [0, 0.1) is 0 Å². The summed E-state index contributed by atoms with van der Waals surface area (Å²) in [6, 6.07) is 9.27. The van der Waals surface area contributed by atoms with Crippen LogP contribution in [-0.4, -0.2) is 14.7 Å². The van der Waals surface area contributed by atoms with Gasteiger partial charge in [0.2, 0.25) is 10.0 Å². The lowest BCUT2D eigenvalue weighted by molar-refractivity contribution is 0.607. The lowest BCUT2D eigenvalue weighted by Gasteiger charge is -2.12. The number of benzene rings is 1. The molecule has 0 saturated heterocycles. The second-order valence-electron chi connectivity index (χ2n) is 3.90. The molecule has 0 fully saturated rings. The third kappa shape index (κ3) is 3.75. The van der Waals surface area contributed by atoms with Crippen molar-refractivity contribution >= 4 is 32.7 Å². The normalized spacial score (nSPS) is 11.2. The first-order valence-corrected chi connectivity index (χ1v) is 8.20. The van der Waals surface area contributed by atoms with Gasteiger partial charge in [-0.1, -0.05) is 12.1 Å². The van der Waals surface area contributed by atoms with Gasteiger partial charge in [-0.3, -0.25) is 4.72 Å². The summed E-state index contributed by atoms with van der Waals surface area (Å²) in [5.41, 5.74) is 2.51. The molecular formula is C12H14N2O2S2. The van der Waals surface area contributed by atoms with Gasteiger partial charge >= 0.3 is 0 Å². The van der Waals surface area contributed by atoms with E-state index in [0.717, 1.165) is 11.9 Å². The van der Waals surface area contributed by atoms with Crippen LogP contribution >= 0.6 is 11.3 Å². The van der Waals surface area contributed by atoms with Gasteiger partial charge in [0, 0.05) is 6.54 Å². The number of thiophene rings is 1. The van der Waals surface area contributed by atoms with E-state index in [4.69, 9.17) is 0 Å². The van der Waals surface area contributed by atoms with Crippen molar-refractivity contribution in [2.24, 2.45) is 0 Å². The van der Waals surface area contributed by atoms with Crippen LogP contribution in [0.15, 0.2) is 41.1 Å². The molecule has 0 aliphatic carbocycles. The SMILES string of the molecule is CS(=O)(=O)Nc1ccccc1NCc1ccsc1. The average molecular weight is 282 g/mol. The molecule has 1 aromatic carbocycles. The Morgan fingerprint density at radius 1 is 1.17 bits per heavy atom. The van der Waals surface area contributed by atoms with Gasteiger partial charge in [-0.05, 0) is 34.5 Å². The minimum atomic E-state index is -3.26. The fraction of sp³-hybridized carbons (Fsp3) is 0.167. The minimum absolute atomic E-state index is 0.565. The van der Waals surface area contributed by atoms with E-state index >= 15 is 0 Å². The van der Waals surface area contributed by atoms with Crippen molar-refractivity contribution in [1.82, 2.24) is 0 Å². The highest BCUT2D eigenvalue weighted by Crippen LogP contribution is 2.22. The third-order valence-corrected chi connectivity index (χ3v) is 3.61. The van der Waals surface area contributed by atoms with Crippen LogP contribution in [-0.2, 0) is 16.6 Å². The first-order chi connectivity index (χ1) is 8.54. The van der Waals surface area contributed by atoms with Gasteiger partial charge in [0.15, 0.2) is 0 Å². The summed E-state index contributed by atoms with van der Waals surface area (Å²) in [5.74, 6) is 0. The zero-order chi connectivity index (χ0) is 13.0. The predicted molar refractivity (Wildman–Crippen MR) is 76.6 cm³/mol. The predicted octanol–water partition coefficient (Wildman–Crippen LogP) is 2.73. The summed E-state index contributed by atoms with van der Waals surface area (Å²) in [5, 5.41) is 7.28. The van der Waals surface area contributed by atoms with Crippen LogP contribution in [0.4, 0.5) is 11.4 Å². The van der Waals surface area contributed by atoms with Crippen LogP contribution in [0.2, 0.25) is 0 Å². The Balaban J connectivity index is 2.12. The number of rotatable bonds is 5. The van der Waals surface area contributed by atoms with Gasteiger partial charge < -0.3 is 5.32 Å². The quantitative estimate of drug-likeness (QED) is 0.886. The maximum absolute atomic E-state index is 11.2. The highest BCUT2D eigenvalue weighted by Gasteiger charge is 2.06. The molecule has 2 aromatic rings. The zero-order valence-corrected chi connectivity index (χ0v) is 11.5. The molecule has 1 heterocycles.